The number of piperidine rings is 1. The number of nitrogens with zero attached hydrogens (tertiary/aromatic N) is 1. The molecule has 1 aliphatic heterocycles. The van der Waals surface area contributed by atoms with E-state index in [-0.39, 0.29) is 11.7 Å². The molecule has 6 heteroatoms. The Balaban J connectivity index is 1.92. The quantitative estimate of drug-likeness (QED) is 0.908. The Hall–Kier alpha value is -2.76. The fraction of sp³-hybridized carbons (Fsp3) is 0.294. The average molecular weight is 313 g/mol. The van der Waals surface area contributed by atoms with Gasteiger partial charge in [0.05, 0.1) is 17.6 Å². The Kier molecular flexibility index (Phi) is 4.32. The highest BCUT2D eigenvalue weighted by Gasteiger charge is 2.18. The lowest BCUT2D eigenvalue weighted by Gasteiger charge is -2.30. The summed E-state index contributed by atoms with van der Waals surface area (Å²) in [5, 5.41) is 2.82. The van der Waals surface area contributed by atoms with E-state index in [0.29, 0.717) is 11.3 Å². The van der Waals surface area contributed by atoms with Crippen LogP contribution in [0.25, 0.3) is 0 Å². The summed E-state index contributed by atoms with van der Waals surface area (Å²) >= 11 is 0. The van der Waals surface area contributed by atoms with E-state index >= 15 is 0 Å². The van der Waals surface area contributed by atoms with Gasteiger partial charge in [0.1, 0.15) is 0 Å². The van der Waals surface area contributed by atoms with Crippen LogP contribution in [0.2, 0.25) is 0 Å². The number of hydrogen-bond donors (Lipinski definition) is 2. The molecule has 0 spiro atoms. The number of rotatable bonds is 4. The van der Waals surface area contributed by atoms with E-state index in [0.717, 1.165) is 31.6 Å². The largest absolute Gasteiger partial charge is 0.459 e. The molecule has 0 radical (unpaired) electrons. The van der Waals surface area contributed by atoms with Crippen molar-refractivity contribution in [2.75, 3.05) is 23.3 Å². The van der Waals surface area contributed by atoms with Crippen LogP contribution in [0.4, 0.5) is 11.4 Å². The van der Waals surface area contributed by atoms with Crippen molar-refractivity contribution in [1.82, 2.24) is 0 Å². The van der Waals surface area contributed by atoms with Gasteiger partial charge in [-0.3, -0.25) is 9.59 Å². The first-order valence-corrected chi connectivity index (χ1v) is 7.69. The minimum Gasteiger partial charge on any atom is -0.459 e. The molecule has 6 nitrogen and oxygen atoms in total. The molecule has 1 aliphatic rings. The van der Waals surface area contributed by atoms with Crippen molar-refractivity contribution < 1.29 is 14.0 Å². The lowest BCUT2D eigenvalue weighted by atomic mass is 10.1. The number of nitrogens with two attached hydrogens (primary N) is 1. The van der Waals surface area contributed by atoms with E-state index in [1.807, 2.05) is 6.07 Å². The second-order valence-corrected chi connectivity index (χ2v) is 5.58. The van der Waals surface area contributed by atoms with Crippen molar-refractivity contribution in [1.29, 1.82) is 0 Å². The molecule has 1 aromatic heterocycles. The van der Waals surface area contributed by atoms with Crippen molar-refractivity contribution >= 4 is 23.2 Å². The second kappa shape index (κ2) is 6.56. The van der Waals surface area contributed by atoms with Gasteiger partial charge in [0.25, 0.3) is 5.91 Å². The summed E-state index contributed by atoms with van der Waals surface area (Å²) in [5.41, 5.74) is 7.19. The van der Waals surface area contributed by atoms with E-state index in [9.17, 15) is 9.59 Å². The van der Waals surface area contributed by atoms with Gasteiger partial charge in [0, 0.05) is 18.7 Å². The molecular formula is C17H19N3O3. The van der Waals surface area contributed by atoms with Crippen molar-refractivity contribution in [3.63, 3.8) is 0 Å². The van der Waals surface area contributed by atoms with Crippen molar-refractivity contribution in [2.24, 2.45) is 5.73 Å². The molecule has 0 unspecified atom stereocenters. The molecule has 1 fully saturated rings. The van der Waals surface area contributed by atoms with Crippen LogP contribution in [0, 0.1) is 0 Å². The number of amides is 2. The number of primary amides is 1. The van der Waals surface area contributed by atoms with Crippen LogP contribution >= 0.6 is 0 Å². The molecule has 23 heavy (non-hydrogen) atoms. The van der Waals surface area contributed by atoms with Crippen LogP contribution in [-0.4, -0.2) is 24.9 Å². The monoisotopic (exact) mass is 313 g/mol. The smallest absolute Gasteiger partial charge is 0.291 e. The van der Waals surface area contributed by atoms with Crippen molar-refractivity contribution in [3.8, 4) is 0 Å². The summed E-state index contributed by atoms with van der Waals surface area (Å²) in [5.74, 6) is -0.655. The highest BCUT2D eigenvalue weighted by Crippen LogP contribution is 2.30. The number of anilines is 2. The third-order valence-corrected chi connectivity index (χ3v) is 3.97. The Morgan fingerprint density at radius 1 is 1.13 bits per heavy atom. The van der Waals surface area contributed by atoms with Gasteiger partial charge in [0.2, 0.25) is 5.91 Å². The summed E-state index contributed by atoms with van der Waals surface area (Å²) in [7, 11) is 0. The molecule has 2 heterocycles. The summed E-state index contributed by atoms with van der Waals surface area (Å²) in [6.45, 7) is 1.86. The molecule has 0 aliphatic carbocycles. The van der Waals surface area contributed by atoms with Gasteiger partial charge in [-0.2, -0.15) is 0 Å². The Morgan fingerprint density at radius 3 is 2.57 bits per heavy atom. The molecular weight excluding hydrogens is 294 g/mol. The SMILES string of the molecule is NC(=O)c1ccc(N2CCCCC2)c(NC(=O)c2ccco2)c1. The van der Waals surface area contributed by atoms with Gasteiger partial charge < -0.3 is 20.4 Å². The minimum absolute atomic E-state index is 0.221. The molecule has 0 atom stereocenters. The first-order chi connectivity index (χ1) is 11.1. The number of hydrogen-bond acceptors (Lipinski definition) is 4. The summed E-state index contributed by atoms with van der Waals surface area (Å²) in [6.07, 6.45) is 4.89. The molecule has 1 saturated heterocycles. The summed E-state index contributed by atoms with van der Waals surface area (Å²) in [6, 6.07) is 8.39. The van der Waals surface area contributed by atoms with Crippen molar-refractivity contribution in [3.05, 3.63) is 47.9 Å². The number of nitrogens with one attached hydrogen (secondary N) is 1. The fourth-order valence-corrected chi connectivity index (χ4v) is 2.79. The molecule has 0 bridgehead atoms. The zero-order valence-electron chi connectivity index (χ0n) is 12.7. The van der Waals surface area contributed by atoms with Crippen molar-refractivity contribution in [2.45, 2.75) is 19.3 Å². The van der Waals surface area contributed by atoms with Crippen LogP contribution in [0.5, 0.6) is 0 Å². The highest BCUT2D eigenvalue weighted by molar-refractivity contribution is 6.05. The lowest BCUT2D eigenvalue weighted by Crippen LogP contribution is -2.30. The van der Waals surface area contributed by atoms with E-state index in [1.165, 1.54) is 12.7 Å². The van der Waals surface area contributed by atoms with Gasteiger partial charge in [-0.05, 0) is 49.6 Å². The maximum Gasteiger partial charge on any atom is 0.291 e. The van der Waals surface area contributed by atoms with Crippen LogP contribution < -0.4 is 16.0 Å². The first kappa shape index (κ1) is 15.1. The number of carbonyl (C=O) groups excluding carboxylic acids is 2. The summed E-state index contributed by atoms with van der Waals surface area (Å²) in [4.78, 5) is 25.9. The molecule has 3 rings (SSSR count). The third-order valence-electron chi connectivity index (χ3n) is 3.97. The zero-order chi connectivity index (χ0) is 16.2. The Labute approximate surface area is 134 Å². The van der Waals surface area contributed by atoms with E-state index < -0.39 is 5.91 Å². The molecule has 0 saturated carbocycles. The average Bonchev–Trinajstić information content (AvgIpc) is 3.10. The fourth-order valence-electron chi connectivity index (χ4n) is 2.79. The molecule has 3 N–H and O–H groups in total. The van der Waals surface area contributed by atoms with Gasteiger partial charge in [-0.15, -0.1) is 0 Å². The molecule has 2 amide bonds. The second-order valence-electron chi connectivity index (χ2n) is 5.58. The van der Waals surface area contributed by atoms with E-state index in [4.69, 9.17) is 10.2 Å². The Bertz CT molecular complexity index is 704. The van der Waals surface area contributed by atoms with Gasteiger partial charge in [-0.25, -0.2) is 0 Å². The normalized spacial score (nSPS) is 14.5. The van der Waals surface area contributed by atoms with Crippen LogP contribution in [0.15, 0.2) is 41.0 Å². The predicted octanol–water partition coefficient (Wildman–Crippen LogP) is 2.62. The molecule has 1 aromatic carbocycles. The Morgan fingerprint density at radius 2 is 1.91 bits per heavy atom. The third kappa shape index (κ3) is 3.36. The lowest BCUT2D eigenvalue weighted by molar-refractivity contribution is 0.0988. The maximum atomic E-state index is 12.3. The van der Waals surface area contributed by atoms with Crippen LogP contribution in [0.3, 0.4) is 0 Å². The summed E-state index contributed by atoms with van der Waals surface area (Å²) < 4.78 is 5.11. The standard InChI is InChI=1S/C17H19N3O3/c18-16(21)12-6-7-14(20-8-2-1-3-9-20)13(11-12)19-17(22)15-5-4-10-23-15/h4-7,10-11H,1-3,8-9H2,(H2,18,21)(H,19,22). The number of benzene rings is 1. The van der Waals surface area contributed by atoms with E-state index in [2.05, 4.69) is 10.2 Å². The first-order valence-electron chi connectivity index (χ1n) is 7.69. The zero-order valence-corrected chi connectivity index (χ0v) is 12.7. The van der Waals surface area contributed by atoms with Gasteiger partial charge in [-0.1, -0.05) is 0 Å². The van der Waals surface area contributed by atoms with Gasteiger partial charge in [0.15, 0.2) is 5.76 Å². The number of carbonyl (C=O) groups is 2. The minimum atomic E-state index is -0.524. The molecule has 2 aromatic rings. The highest BCUT2D eigenvalue weighted by atomic mass is 16.3. The predicted molar refractivity (Wildman–Crippen MR) is 87.7 cm³/mol. The molecule has 120 valence electrons. The topological polar surface area (TPSA) is 88.6 Å². The van der Waals surface area contributed by atoms with Gasteiger partial charge >= 0.3 is 0 Å². The number of furan rings is 1. The van der Waals surface area contributed by atoms with E-state index in [1.54, 1.807) is 24.3 Å². The van der Waals surface area contributed by atoms with Crippen LogP contribution in [-0.2, 0) is 0 Å². The van der Waals surface area contributed by atoms with Crippen LogP contribution in [0.1, 0.15) is 40.2 Å². The maximum absolute atomic E-state index is 12.3.